The first-order valence-corrected chi connectivity index (χ1v) is 9.30. The molecule has 28 heavy (non-hydrogen) atoms. The van der Waals surface area contributed by atoms with Crippen LogP contribution in [0.3, 0.4) is 0 Å². The molecule has 1 saturated heterocycles. The summed E-state index contributed by atoms with van der Waals surface area (Å²) in [5.74, 6) is -0.432. The number of halogens is 1. The van der Waals surface area contributed by atoms with E-state index < -0.39 is 11.6 Å². The minimum Gasteiger partial charge on any atom is -0.484 e. The second-order valence-electron chi connectivity index (χ2n) is 7.03. The molecule has 2 amide bonds. The highest BCUT2D eigenvalue weighted by Crippen LogP contribution is 2.26. The fraction of sp³-hybridized carbons (Fsp3) is 0.381. The molecular formula is C21H24FN3O3. The van der Waals surface area contributed by atoms with Crippen LogP contribution in [-0.4, -0.2) is 47.1 Å². The molecule has 2 heterocycles. The third kappa shape index (κ3) is 5.06. The van der Waals surface area contributed by atoms with E-state index in [2.05, 4.69) is 10.3 Å². The second-order valence-corrected chi connectivity index (χ2v) is 7.03. The summed E-state index contributed by atoms with van der Waals surface area (Å²) >= 11 is 0. The Bertz CT molecular complexity index is 831. The summed E-state index contributed by atoms with van der Waals surface area (Å²) in [5, 5.41) is 2.62. The van der Waals surface area contributed by atoms with Crippen LogP contribution in [0.25, 0.3) is 0 Å². The number of amides is 2. The monoisotopic (exact) mass is 385 g/mol. The van der Waals surface area contributed by atoms with Crippen LogP contribution in [0.5, 0.6) is 5.75 Å². The topological polar surface area (TPSA) is 71.5 Å². The lowest BCUT2D eigenvalue weighted by molar-refractivity contribution is -0.144. The van der Waals surface area contributed by atoms with Crippen LogP contribution in [0.1, 0.15) is 24.0 Å². The van der Waals surface area contributed by atoms with Gasteiger partial charge in [-0.05, 0) is 55.2 Å². The minimum atomic E-state index is -2.09. The van der Waals surface area contributed by atoms with Gasteiger partial charge >= 0.3 is 0 Å². The molecule has 1 atom stereocenters. The number of hydrogen-bond donors (Lipinski definition) is 1. The Morgan fingerprint density at radius 2 is 2.07 bits per heavy atom. The van der Waals surface area contributed by atoms with Gasteiger partial charge in [0.15, 0.2) is 6.61 Å². The third-order valence-corrected chi connectivity index (χ3v) is 4.76. The largest absolute Gasteiger partial charge is 0.484 e. The van der Waals surface area contributed by atoms with Gasteiger partial charge in [-0.3, -0.25) is 14.6 Å². The maximum atomic E-state index is 15.2. The van der Waals surface area contributed by atoms with Gasteiger partial charge < -0.3 is 15.0 Å². The van der Waals surface area contributed by atoms with Gasteiger partial charge in [0.05, 0.1) is 6.54 Å². The Kier molecular flexibility index (Phi) is 6.23. The average Bonchev–Trinajstić information content (AvgIpc) is 2.71. The van der Waals surface area contributed by atoms with E-state index in [1.165, 1.54) is 4.90 Å². The fourth-order valence-corrected chi connectivity index (χ4v) is 3.19. The quantitative estimate of drug-likeness (QED) is 0.829. The zero-order valence-electron chi connectivity index (χ0n) is 15.9. The number of benzene rings is 1. The molecule has 1 aliphatic rings. The molecule has 0 saturated carbocycles. The van der Waals surface area contributed by atoms with E-state index in [-0.39, 0.29) is 32.0 Å². The molecule has 1 fully saturated rings. The van der Waals surface area contributed by atoms with Crippen LogP contribution in [0.15, 0.2) is 48.8 Å². The van der Waals surface area contributed by atoms with Crippen LogP contribution in [0.4, 0.5) is 4.39 Å². The van der Waals surface area contributed by atoms with Crippen molar-refractivity contribution in [3.05, 3.63) is 59.9 Å². The van der Waals surface area contributed by atoms with Crippen molar-refractivity contribution in [2.45, 2.75) is 32.0 Å². The number of pyridine rings is 1. The summed E-state index contributed by atoms with van der Waals surface area (Å²) in [5.41, 5.74) is -0.233. The van der Waals surface area contributed by atoms with Gasteiger partial charge in [0.25, 0.3) is 11.8 Å². The molecule has 1 aromatic carbocycles. The molecule has 1 aliphatic heterocycles. The lowest BCUT2D eigenvalue weighted by Crippen LogP contribution is -2.56. The Hall–Kier alpha value is -2.96. The first-order chi connectivity index (χ1) is 13.5. The van der Waals surface area contributed by atoms with Crippen LogP contribution < -0.4 is 10.1 Å². The van der Waals surface area contributed by atoms with E-state index in [9.17, 15) is 9.59 Å². The van der Waals surface area contributed by atoms with Gasteiger partial charge in [-0.25, -0.2) is 4.39 Å². The molecule has 2 aromatic rings. The van der Waals surface area contributed by atoms with E-state index in [1.54, 1.807) is 30.6 Å². The predicted molar refractivity (Wildman–Crippen MR) is 102 cm³/mol. The van der Waals surface area contributed by atoms with Crippen LogP contribution >= 0.6 is 0 Å². The van der Waals surface area contributed by atoms with E-state index in [1.807, 2.05) is 25.1 Å². The smallest absolute Gasteiger partial charge is 0.260 e. The van der Waals surface area contributed by atoms with Crippen molar-refractivity contribution in [1.82, 2.24) is 15.2 Å². The molecule has 148 valence electrons. The normalized spacial score (nSPS) is 19.1. The SMILES string of the molecule is Cc1cccc(OCC(=O)N2CCCC(F)(C(=O)NCc3ccncc3)C2)c1. The molecular weight excluding hydrogens is 361 g/mol. The van der Waals surface area contributed by atoms with Gasteiger partial charge in [0.1, 0.15) is 5.75 Å². The summed E-state index contributed by atoms with van der Waals surface area (Å²) < 4.78 is 20.8. The van der Waals surface area contributed by atoms with Gasteiger partial charge in [-0.1, -0.05) is 12.1 Å². The maximum absolute atomic E-state index is 15.2. The molecule has 0 bridgehead atoms. The lowest BCUT2D eigenvalue weighted by atomic mass is 9.93. The van der Waals surface area contributed by atoms with E-state index in [4.69, 9.17) is 4.74 Å². The molecule has 7 heteroatoms. The van der Waals surface area contributed by atoms with Crippen LogP contribution in [0.2, 0.25) is 0 Å². The van der Waals surface area contributed by atoms with Crippen molar-refractivity contribution >= 4 is 11.8 Å². The number of aromatic nitrogens is 1. The summed E-state index contributed by atoms with van der Waals surface area (Å²) in [7, 11) is 0. The number of alkyl halides is 1. The highest BCUT2D eigenvalue weighted by Gasteiger charge is 2.43. The predicted octanol–water partition coefficient (Wildman–Crippen LogP) is 2.42. The number of hydrogen-bond acceptors (Lipinski definition) is 4. The zero-order valence-corrected chi connectivity index (χ0v) is 15.9. The number of rotatable bonds is 6. The molecule has 1 aromatic heterocycles. The standard InChI is InChI=1S/C21H24FN3O3/c1-16-4-2-5-18(12-16)28-14-19(26)25-11-3-8-21(22,15-25)20(27)24-13-17-6-9-23-10-7-17/h2,4-7,9-10,12H,3,8,11,13-15H2,1H3,(H,24,27). The van der Waals surface area contributed by atoms with E-state index in [0.29, 0.717) is 18.7 Å². The van der Waals surface area contributed by atoms with Crippen molar-refractivity contribution in [1.29, 1.82) is 0 Å². The van der Waals surface area contributed by atoms with Crippen LogP contribution in [-0.2, 0) is 16.1 Å². The highest BCUT2D eigenvalue weighted by molar-refractivity contribution is 5.87. The first-order valence-electron chi connectivity index (χ1n) is 9.30. The van der Waals surface area contributed by atoms with Gasteiger partial charge in [-0.15, -0.1) is 0 Å². The molecule has 3 rings (SSSR count). The molecule has 1 unspecified atom stereocenters. The van der Waals surface area contributed by atoms with Crippen molar-refractivity contribution in [2.75, 3.05) is 19.7 Å². The number of carbonyl (C=O) groups is 2. The number of nitrogens with zero attached hydrogens (tertiary/aromatic N) is 2. The number of piperidine rings is 1. The fourth-order valence-electron chi connectivity index (χ4n) is 3.19. The Labute approximate surface area is 163 Å². The van der Waals surface area contributed by atoms with Crippen molar-refractivity contribution in [3.8, 4) is 5.75 Å². The number of carbonyl (C=O) groups excluding carboxylic acids is 2. The van der Waals surface area contributed by atoms with Gasteiger partial charge in [0.2, 0.25) is 5.67 Å². The Morgan fingerprint density at radius 1 is 1.29 bits per heavy atom. The number of ether oxygens (including phenoxy) is 1. The third-order valence-electron chi connectivity index (χ3n) is 4.76. The summed E-state index contributed by atoms with van der Waals surface area (Å²) in [4.78, 5) is 30.1. The molecule has 0 spiro atoms. The van der Waals surface area contributed by atoms with Gasteiger partial charge in [0, 0.05) is 25.5 Å². The zero-order chi connectivity index (χ0) is 20.0. The lowest BCUT2D eigenvalue weighted by Gasteiger charge is -2.36. The Morgan fingerprint density at radius 3 is 2.82 bits per heavy atom. The number of nitrogens with one attached hydrogen (secondary N) is 1. The van der Waals surface area contributed by atoms with Crippen LogP contribution in [0, 0.1) is 6.92 Å². The minimum absolute atomic E-state index is 0.0949. The van der Waals surface area contributed by atoms with Crippen molar-refractivity contribution in [3.63, 3.8) is 0 Å². The average molecular weight is 385 g/mol. The highest BCUT2D eigenvalue weighted by atomic mass is 19.1. The second kappa shape index (κ2) is 8.82. The summed E-state index contributed by atoms with van der Waals surface area (Å²) in [6, 6.07) is 10.9. The Balaban J connectivity index is 1.54. The van der Waals surface area contributed by atoms with E-state index >= 15 is 4.39 Å². The van der Waals surface area contributed by atoms with Gasteiger partial charge in [-0.2, -0.15) is 0 Å². The molecule has 0 radical (unpaired) electrons. The molecule has 0 aliphatic carbocycles. The number of likely N-dealkylation sites (tertiary alicyclic amines) is 1. The molecule has 1 N–H and O–H groups in total. The van der Waals surface area contributed by atoms with Crippen molar-refractivity contribution in [2.24, 2.45) is 0 Å². The summed E-state index contributed by atoms with van der Waals surface area (Å²) in [6.07, 6.45) is 3.75. The van der Waals surface area contributed by atoms with E-state index in [0.717, 1.165) is 11.1 Å². The number of aryl methyl sites for hydroxylation is 1. The molecule has 6 nitrogen and oxygen atoms in total. The van der Waals surface area contributed by atoms with Crippen molar-refractivity contribution < 1.29 is 18.7 Å². The summed E-state index contributed by atoms with van der Waals surface area (Å²) in [6.45, 7) is 2.13. The first kappa shape index (κ1) is 19.8. The maximum Gasteiger partial charge on any atom is 0.260 e.